The molecule has 45 heavy (non-hydrogen) atoms. The van der Waals surface area contributed by atoms with Gasteiger partial charge in [-0.15, -0.1) is 5.10 Å². The molecule has 12 heteroatoms. The second-order valence-corrected chi connectivity index (χ2v) is 12.0. The van der Waals surface area contributed by atoms with Crippen molar-refractivity contribution in [2.75, 3.05) is 51.3 Å². The highest BCUT2D eigenvalue weighted by Gasteiger charge is 2.19. The van der Waals surface area contributed by atoms with E-state index in [-0.39, 0.29) is 0 Å². The highest BCUT2D eigenvalue weighted by atomic mass is 32.1. The summed E-state index contributed by atoms with van der Waals surface area (Å²) >= 11 is 1.55. The van der Waals surface area contributed by atoms with Gasteiger partial charge in [0, 0.05) is 56.7 Å². The summed E-state index contributed by atoms with van der Waals surface area (Å²) in [5, 5.41) is 13.7. The number of imidazole rings is 1. The van der Waals surface area contributed by atoms with Crippen molar-refractivity contribution in [2.45, 2.75) is 19.3 Å². The first-order valence-corrected chi connectivity index (χ1v) is 16.0. The van der Waals surface area contributed by atoms with Gasteiger partial charge in [-0.1, -0.05) is 40.4 Å². The Morgan fingerprint density at radius 1 is 0.889 bits per heavy atom. The summed E-state index contributed by atoms with van der Waals surface area (Å²) in [6.45, 7) is 6.30. The van der Waals surface area contributed by atoms with Crippen LogP contribution in [-0.4, -0.2) is 87.1 Å². The van der Waals surface area contributed by atoms with Crippen molar-refractivity contribution in [1.29, 1.82) is 0 Å². The molecule has 4 heterocycles. The van der Waals surface area contributed by atoms with Gasteiger partial charge < -0.3 is 14.5 Å². The van der Waals surface area contributed by atoms with Crippen LogP contribution >= 0.6 is 11.3 Å². The van der Waals surface area contributed by atoms with Crippen LogP contribution in [0, 0.1) is 0 Å². The molecule has 0 aliphatic carbocycles. The second kappa shape index (κ2) is 13.1. The lowest BCUT2D eigenvalue weighted by Crippen LogP contribution is -2.46. The predicted molar refractivity (Wildman–Crippen MR) is 175 cm³/mol. The van der Waals surface area contributed by atoms with Gasteiger partial charge >= 0.3 is 5.97 Å². The number of hydrogen-bond acceptors (Lipinski definition) is 10. The van der Waals surface area contributed by atoms with E-state index in [1.165, 1.54) is 25.1 Å². The Bertz CT molecular complexity index is 1890. The summed E-state index contributed by atoms with van der Waals surface area (Å²) in [6.07, 6.45) is 5.41. The number of aromatic nitrogens is 6. The monoisotopic (exact) mass is 622 g/mol. The fourth-order valence-electron chi connectivity index (χ4n) is 5.63. The fourth-order valence-corrected chi connectivity index (χ4v) is 6.51. The van der Waals surface area contributed by atoms with Crippen molar-refractivity contribution in [2.24, 2.45) is 0 Å². The van der Waals surface area contributed by atoms with Crippen molar-refractivity contribution >= 4 is 39.0 Å². The van der Waals surface area contributed by atoms with E-state index in [4.69, 9.17) is 14.7 Å². The van der Waals surface area contributed by atoms with Crippen LogP contribution in [0.25, 0.3) is 37.8 Å². The van der Waals surface area contributed by atoms with Crippen molar-refractivity contribution in [3.8, 4) is 21.8 Å². The van der Waals surface area contributed by atoms with E-state index in [2.05, 4.69) is 49.4 Å². The number of para-hydroxylation sites is 1. The Kier molecular flexibility index (Phi) is 8.50. The number of unbranched alkanes of at least 4 members (excludes halogenated alkanes) is 2. The lowest BCUT2D eigenvalue weighted by atomic mass is 10.1. The maximum absolute atomic E-state index is 12.8. The smallest absolute Gasteiger partial charge is 0.365 e. The third-order valence-corrected chi connectivity index (χ3v) is 9.14. The zero-order valence-electron chi connectivity index (χ0n) is 25.1. The summed E-state index contributed by atoms with van der Waals surface area (Å²) in [6, 6.07) is 23.2. The Hall–Kier alpha value is -4.65. The zero-order valence-corrected chi connectivity index (χ0v) is 25.9. The summed E-state index contributed by atoms with van der Waals surface area (Å²) in [7, 11) is 1.77. The molecule has 0 unspecified atom stereocenters. The van der Waals surface area contributed by atoms with Crippen molar-refractivity contribution in [1.82, 2.24) is 34.7 Å². The quantitative estimate of drug-likeness (QED) is 0.145. The number of anilines is 1. The number of carbonyl (C=O) groups excluding carboxylic acids is 1. The highest BCUT2D eigenvalue weighted by molar-refractivity contribution is 7.19. The Morgan fingerprint density at radius 2 is 1.67 bits per heavy atom. The molecule has 0 N–H and O–H groups in total. The van der Waals surface area contributed by atoms with Crippen LogP contribution in [0.3, 0.4) is 0 Å². The first-order chi connectivity index (χ1) is 22.2. The molecule has 7 rings (SSSR count). The first kappa shape index (κ1) is 29.1. The van der Waals surface area contributed by atoms with Gasteiger partial charge in [-0.2, -0.15) is 5.10 Å². The molecule has 0 amide bonds. The van der Waals surface area contributed by atoms with Crippen LogP contribution in [0.5, 0.6) is 0 Å². The van der Waals surface area contributed by atoms with Gasteiger partial charge in [0.1, 0.15) is 16.0 Å². The molecule has 3 aromatic carbocycles. The van der Waals surface area contributed by atoms with Crippen LogP contribution in [0.2, 0.25) is 0 Å². The maximum Gasteiger partial charge on any atom is 0.365 e. The van der Waals surface area contributed by atoms with Crippen LogP contribution in [0.1, 0.15) is 29.6 Å². The number of rotatable bonds is 11. The largest absolute Gasteiger partial charge is 0.385 e. The third kappa shape index (κ3) is 6.30. The molecule has 1 fully saturated rings. The summed E-state index contributed by atoms with van der Waals surface area (Å²) in [5.74, 6) is -0.523. The molecule has 0 radical (unpaired) electrons. The molecule has 0 spiro atoms. The standard InChI is InChI=1S/C33H34N8O3S/c1-43-22-6-2-5-17-38-18-20-39(21-19-38)27-15-13-25(14-16-27)31-36-40-30(23-34-33(40)45-31)24-9-11-26(12-10-24)32(42)44-41-29-8-4-3-7-28(29)35-37-41/h3-4,7-16,23H,2,5-6,17-22H2,1H3. The van der Waals surface area contributed by atoms with Gasteiger partial charge in [-0.3, -0.25) is 4.90 Å². The van der Waals surface area contributed by atoms with E-state index in [1.54, 1.807) is 42.8 Å². The van der Waals surface area contributed by atoms with E-state index >= 15 is 0 Å². The minimum atomic E-state index is -0.523. The number of ether oxygens (including phenoxy) is 1. The molecule has 1 saturated heterocycles. The normalized spacial score (nSPS) is 14.0. The van der Waals surface area contributed by atoms with Crippen LogP contribution in [-0.2, 0) is 4.74 Å². The minimum absolute atomic E-state index is 0.400. The summed E-state index contributed by atoms with van der Waals surface area (Å²) < 4.78 is 7.01. The average Bonchev–Trinajstić information content (AvgIpc) is 3.80. The molecular formula is C33H34N8O3S. The van der Waals surface area contributed by atoms with E-state index in [0.29, 0.717) is 16.6 Å². The lowest BCUT2D eigenvalue weighted by Gasteiger charge is -2.36. The molecule has 1 aliphatic heterocycles. The topological polar surface area (TPSA) is 103 Å². The molecule has 230 valence electrons. The molecule has 0 bridgehead atoms. The zero-order chi connectivity index (χ0) is 30.6. The Balaban J connectivity index is 0.983. The molecule has 3 aromatic heterocycles. The first-order valence-electron chi connectivity index (χ1n) is 15.2. The molecule has 0 atom stereocenters. The minimum Gasteiger partial charge on any atom is -0.385 e. The summed E-state index contributed by atoms with van der Waals surface area (Å²) in [4.78, 5) is 29.8. The van der Waals surface area contributed by atoms with Crippen molar-refractivity contribution < 1.29 is 14.4 Å². The van der Waals surface area contributed by atoms with Crippen LogP contribution in [0.4, 0.5) is 5.69 Å². The van der Waals surface area contributed by atoms with Crippen molar-refractivity contribution in [3.63, 3.8) is 0 Å². The van der Waals surface area contributed by atoms with E-state index in [0.717, 1.165) is 70.8 Å². The van der Waals surface area contributed by atoms with Crippen LogP contribution < -0.4 is 9.74 Å². The third-order valence-electron chi connectivity index (χ3n) is 8.17. The second-order valence-electron chi connectivity index (χ2n) is 11.1. The van der Waals surface area contributed by atoms with Gasteiger partial charge in [0.15, 0.2) is 0 Å². The SMILES string of the molecule is COCCCCCN1CCN(c2ccc(-c3nn4c(-c5ccc(C(=O)On6nnc7ccccc76)cc5)cnc4s3)cc2)CC1. The average molecular weight is 623 g/mol. The molecule has 11 nitrogen and oxygen atoms in total. The molecule has 1 aliphatic rings. The number of piperazine rings is 1. The lowest BCUT2D eigenvalue weighted by molar-refractivity contribution is 0.0409. The van der Waals surface area contributed by atoms with E-state index < -0.39 is 5.97 Å². The van der Waals surface area contributed by atoms with Gasteiger partial charge in [-0.05, 0) is 79.6 Å². The van der Waals surface area contributed by atoms with Gasteiger partial charge in [-0.25, -0.2) is 14.3 Å². The van der Waals surface area contributed by atoms with E-state index in [9.17, 15) is 4.79 Å². The van der Waals surface area contributed by atoms with E-state index in [1.807, 2.05) is 34.8 Å². The van der Waals surface area contributed by atoms with Crippen molar-refractivity contribution in [3.05, 3.63) is 84.6 Å². The van der Waals surface area contributed by atoms with Crippen LogP contribution in [0.15, 0.2) is 79.0 Å². The number of fused-ring (bicyclic) bond motifs is 2. The predicted octanol–water partition coefficient (Wildman–Crippen LogP) is 5.08. The Morgan fingerprint density at radius 3 is 2.47 bits per heavy atom. The maximum atomic E-state index is 12.8. The van der Waals surface area contributed by atoms with Gasteiger partial charge in [0.05, 0.1) is 17.5 Å². The molecule has 6 aromatic rings. The Labute approximate surface area is 264 Å². The number of hydrogen-bond donors (Lipinski definition) is 0. The van der Waals surface area contributed by atoms with Gasteiger partial charge in [0.2, 0.25) is 4.96 Å². The number of methoxy groups -OCH3 is 1. The molecular weight excluding hydrogens is 588 g/mol. The summed E-state index contributed by atoms with van der Waals surface area (Å²) in [5.41, 5.74) is 5.73. The van der Waals surface area contributed by atoms with Gasteiger partial charge in [0.25, 0.3) is 0 Å². The molecule has 0 saturated carbocycles. The fraction of sp³-hybridized carbons (Fsp3) is 0.303. The number of carbonyl (C=O) groups is 1. The number of benzene rings is 3. The number of nitrogens with zero attached hydrogens (tertiary/aromatic N) is 8. The highest BCUT2D eigenvalue weighted by Crippen LogP contribution is 2.31.